The van der Waals surface area contributed by atoms with Crippen molar-refractivity contribution in [2.45, 2.75) is 13.8 Å². The Morgan fingerprint density at radius 3 is 2.39 bits per heavy atom. The van der Waals surface area contributed by atoms with E-state index in [1.165, 1.54) is 0 Å². The summed E-state index contributed by atoms with van der Waals surface area (Å²) in [5.41, 5.74) is 4.68. The number of aromatic carboxylic acids is 1. The molecule has 2 aromatic carbocycles. The second-order valence-corrected chi connectivity index (χ2v) is 5.86. The van der Waals surface area contributed by atoms with Gasteiger partial charge in [0.25, 0.3) is 0 Å². The van der Waals surface area contributed by atoms with Crippen molar-refractivity contribution in [1.29, 1.82) is 0 Å². The second-order valence-electron chi connectivity index (χ2n) is 5.43. The molecule has 5 heteroatoms. The molecule has 4 nitrogen and oxygen atoms in total. The van der Waals surface area contributed by atoms with Crippen molar-refractivity contribution in [3.05, 3.63) is 70.4 Å². The lowest BCUT2D eigenvalue weighted by atomic mass is 10.0. The first-order valence-electron chi connectivity index (χ1n) is 7.12. The van der Waals surface area contributed by atoms with Crippen LogP contribution in [0.4, 0.5) is 0 Å². The Kier molecular flexibility index (Phi) is 3.92. The molecule has 0 saturated carbocycles. The summed E-state index contributed by atoms with van der Waals surface area (Å²) in [5, 5.41) is 14.1. The van der Waals surface area contributed by atoms with Gasteiger partial charge in [0, 0.05) is 10.6 Å². The summed E-state index contributed by atoms with van der Waals surface area (Å²) in [5.74, 6) is -1.05. The largest absolute Gasteiger partial charge is 0.476 e. The van der Waals surface area contributed by atoms with Crippen molar-refractivity contribution in [2.75, 3.05) is 0 Å². The Balaban J connectivity index is 2.22. The lowest BCUT2D eigenvalue weighted by Crippen LogP contribution is -2.02. The number of hydrogen-bond donors (Lipinski definition) is 1. The molecule has 1 N–H and O–H groups in total. The van der Waals surface area contributed by atoms with E-state index in [2.05, 4.69) is 11.2 Å². The highest BCUT2D eigenvalue weighted by Crippen LogP contribution is 2.28. The van der Waals surface area contributed by atoms with Crippen LogP contribution < -0.4 is 0 Å². The van der Waals surface area contributed by atoms with Crippen molar-refractivity contribution < 1.29 is 9.90 Å². The molecular weight excluding hydrogens is 312 g/mol. The second kappa shape index (κ2) is 5.89. The predicted octanol–water partition coefficient (Wildman–Crippen LogP) is 4.51. The van der Waals surface area contributed by atoms with Gasteiger partial charge < -0.3 is 5.11 Å². The number of rotatable bonds is 3. The molecule has 0 atom stereocenters. The summed E-state index contributed by atoms with van der Waals surface area (Å²) in [6.45, 7) is 4.03. The maximum atomic E-state index is 11.3. The molecule has 0 saturated heterocycles. The quantitative estimate of drug-likeness (QED) is 0.770. The van der Waals surface area contributed by atoms with Crippen molar-refractivity contribution in [3.8, 4) is 16.9 Å². The highest BCUT2D eigenvalue weighted by atomic mass is 35.5. The highest BCUT2D eigenvalue weighted by Gasteiger charge is 2.17. The van der Waals surface area contributed by atoms with Crippen molar-refractivity contribution in [2.24, 2.45) is 0 Å². The highest BCUT2D eigenvalue weighted by molar-refractivity contribution is 6.30. The fourth-order valence-corrected chi connectivity index (χ4v) is 2.68. The van der Waals surface area contributed by atoms with Gasteiger partial charge in [0.05, 0.1) is 11.4 Å². The molecule has 1 heterocycles. The third kappa shape index (κ3) is 2.98. The smallest absolute Gasteiger partial charge is 0.356 e. The van der Waals surface area contributed by atoms with E-state index in [-0.39, 0.29) is 5.69 Å². The van der Waals surface area contributed by atoms with Gasteiger partial charge in [-0.05, 0) is 49.7 Å². The van der Waals surface area contributed by atoms with Gasteiger partial charge in [0.15, 0.2) is 5.69 Å². The number of aromatic nitrogens is 2. The Bertz CT molecular complexity index is 883. The van der Waals surface area contributed by atoms with Crippen LogP contribution >= 0.6 is 11.6 Å². The third-order valence-electron chi connectivity index (χ3n) is 3.66. The zero-order chi connectivity index (χ0) is 16.6. The van der Waals surface area contributed by atoms with E-state index >= 15 is 0 Å². The number of hydrogen-bond acceptors (Lipinski definition) is 2. The van der Waals surface area contributed by atoms with Crippen molar-refractivity contribution in [3.63, 3.8) is 0 Å². The number of carbonyl (C=O) groups is 1. The molecule has 0 aliphatic carbocycles. The summed E-state index contributed by atoms with van der Waals surface area (Å²) in [7, 11) is 0. The normalized spacial score (nSPS) is 10.7. The SMILES string of the molecule is Cc1ccc(-c2cc(C(=O)O)nn2-c2ccc(Cl)cc2)c(C)c1. The van der Waals surface area contributed by atoms with E-state index < -0.39 is 5.97 Å². The number of carboxylic acids is 1. The summed E-state index contributed by atoms with van der Waals surface area (Å²) in [6, 6.07) is 14.8. The summed E-state index contributed by atoms with van der Waals surface area (Å²) in [4.78, 5) is 11.3. The molecule has 0 aliphatic rings. The van der Waals surface area contributed by atoms with Gasteiger partial charge in [-0.1, -0.05) is 35.4 Å². The zero-order valence-corrected chi connectivity index (χ0v) is 13.5. The molecule has 0 aliphatic heterocycles. The molecule has 0 fully saturated rings. The predicted molar refractivity (Wildman–Crippen MR) is 90.4 cm³/mol. The van der Waals surface area contributed by atoms with Crippen molar-refractivity contribution in [1.82, 2.24) is 9.78 Å². The van der Waals surface area contributed by atoms with Gasteiger partial charge in [-0.25, -0.2) is 9.48 Å². The molecule has 0 radical (unpaired) electrons. The first kappa shape index (κ1) is 15.3. The van der Waals surface area contributed by atoms with E-state index in [0.717, 1.165) is 28.1 Å². The molecule has 0 spiro atoms. The summed E-state index contributed by atoms with van der Waals surface area (Å²) >= 11 is 5.93. The van der Waals surface area contributed by atoms with Crippen LogP contribution in [0.25, 0.3) is 16.9 Å². The van der Waals surface area contributed by atoms with Crippen LogP contribution in [0.5, 0.6) is 0 Å². The van der Waals surface area contributed by atoms with Crippen LogP contribution in [0.2, 0.25) is 5.02 Å². The average molecular weight is 327 g/mol. The number of carboxylic acid groups (broad SMARTS) is 1. The Labute approximate surface area is 139 Å². The number of halogens is 1. The monoisotopic (exact) mass is 326 g/mol. The van der Waals surface area contributed by atoms with E-state index in [9.17, 15) is 9.90 Å². The minimum atomic E-state index is -1.05. The first-order valence-corrected chi connectivity index (χ1v) is 7.50. The first-order chi connectivity index (χ1) is 11.0. The summed E-state index contributed by atoms with van der Waals surface area (Å²) in [6.07, 6.45) is 0. The number of aryl methyl sites for hydroxylation is 2. The van der Waals surface area contributed by atoms with Gasteiger partial charge >= 0.3 is 5.97 Å². The van der Waals surface area contributed by atoms with Crippen LogP contribution in [-0.4, -0.2) is 20.9 Å². The minimum absolute atomic E-state index is 0.00919. The molecular formula is C18H15ClN2O2. The maximum absolute atomic E-state index is 11.3. The van der Waals surface area contributed by atoms with Gasteiger partial charge in [-0.2, -0.15) is 5.10 Å². The van der Waals surface area contributed by atoms with Gasteiger partial charge in [-0.3, -0.25) is 0 Å². The fourth-order valence-electron chi connectivity index (χ4n) is 2.56. The maximum Gasteiger partial charge on any atom is 0.356 e. The van der Waals surface area contributed by atoms with E-state index in [4.69, 9.17) is 11.6 Å². The molecule has 116 valence electrons. The van der Waals surface area contributed by atoms with Gasteiger partial charge in [-0.15, -0.1) is 0 Å². The lowest BCUT2D eigenvalue weighted by molar-refractivity contribution is 0.0690. The van der Waals surface area contributed by atoms with E-state index in [1.807, 2.05) is 38.1 Å². The van der Waals surface area contributed by atoms with Crippen LogP contribution in [0, 0.1) is 13.8 Å². The van der Waals surface area contributed by atoms with Gasteiger partial charge in [0.2, 0.25) is 0 Å². The molecule has 0 bridgehead atoms. The number of nitrogens with zero attached hydrogens (tertiary/aromatic N) is 2. The molecule has 1 aromatic heterocycles. The lowest BCUT2D eigenvalue weighted by Gasteiger charge is -2.10. The Morgan fingerprint density at radius 1 is 1.09 bits per heavy atom. The van der Waals surface area contributed by atoms with Crippen LogP contribution in [0.1, 0.15) is 21.6 Å². The third-order valence-corrected chi connectivity index (χ3v) is 3.91. The van der Waals surface area contributed by atoms with Crippen molar-refractivity contribution >= 4 is 17.6 Å². The Morgan fingerprint density at radius 2 is 1.78 bits per heavy atom. The summed E-state index contributed by atoms with van der Waals surface area (Å²) < 4.78 is 1.64. The van der Waals surface area contributed by atoms with Crippen LogP contribution in [0.3, 0.4) is 0 Å². The fraction of sp³-hybridized carbons (Fsp3) is 0.111. The molecule has 3 aromatic rings. The molecule has 23 heavy (non-hydrogen) atoms. The average Bonchev–Trinajstić information content (AvgIpc) is 2.93. The number of benzene rings is 2. The van der Waals surface area contributed by atoms with Crippen LogP contribution in [-0.2, 0) is 0 Å². The Hall–Kier alpha value is -2.59. The molecule has 0 amide bonds. The topological polar surface area (TPSA) is 55.1 Å². The standard InChI is InChI=1S/C18H15ClN2O2/c1-11-3-8-15(12(2)9-11)17-10-16(18(22)23)20-21(17)14-6-4-13(19)5-7-14/h3-10H,1-2H3,(H,22,23). The molecule has 3 rings (SSSR count). The van der Waals surface area contributed by atoms with Gasteiger partial charge in [0.1, 0.15) is 0 Å². The van der Waals surface area contributed by atoms with E-state index in [1.54, 1.807) is 22.9 Å². The minimum Gasteiger partial charge on any atom is -0.476 e. The van der Waals surface area contributed by atoms with Crippen LogP contribution in [0.15, 0.2) is 48.5 Å². The zero-order valence-electron chi connectivity index (χ0n) is 12.7. The van der Waals surface area contributed by atoms with E-state index in [0.29, 0.717) is 5.02 Å². The molecule has 0 unspecified atom stereocenters.